The fourth-order valence-electron chi connectivity index (χ4n) is 3.94. The van der Waals surface area contributed by atoms with Gasteiger partial charge >= 0.3 is 0 Å². The second-order valence-corrected chi connectivity index (χ2v) is 9.83. The number of ether oxygens (including phenoxy) is 1. The summed E-state index contributed by atoms with van der Waals surface area (Å²) in [4.78, 5) is 28.6. The Labute approximate surface area is 223 Å². The van der Waals surface area contributed by atoms with E-state index >= 15 is 0 Å². The van der Waals surface area contributed by atoms with Crippen molar-refractivity contribution in [1.82, 2.24) is 10.2 Å². The van der Waals surface area contributed by atoms with E-state index in [-0.39, 0.29) is 11.8 Å². The van der Waals surface area contributed by atoms with Gasteiger partial charge in [0.05, 0.1) is 6.61 Å². The SMILES string of the molecule is CCCNC(=O)[C@H](Cc1ccccc1)N(Cc1cccc(Br)c1)C(=O)CCCOc1ccc(C)cc1. The van der Waals surface area contributed by atoms with Gasteiger partial charge in [-0.15, -0.1) is 0 Å². The van der Waals surface area contributed by atoms with E-state index in [1.807, 2.05) is 92.7 Å². The number of aryl methyl sites for hydroxylation is 1. The fourth-order valence-corrected chi connectivity index (χ4v) is 4.39. The molecular formula is C30H35BrN2O3. The molecule has 6 heteroatoms. The lowest BCUT2D eigenvalue weighted by Gasteiger charge is -2.31. The first-order valence-corrected chi connectivity index (χ1v) is 13.3. The van der Waals surface area contributed by atoms with Gasteiger partial charge in [0.25, 0.3) is 0 Å². The molecule has 0 fully saturated rings. The number of hydrogen-bond acceptors (Lipinski definition) is 3. The zero-order valence-electron chi connectivity index (χ0n) is 21.1. The first kappa shape index (κ1) is 27.5. The van der Waals surface area contributed by atoms with E-state index in [1.54, 1.807) is 4.90 Å². The third-order valence-corrected chi connectivity index (χ3v) is 6.38. The van der Waals surface area contributed by atoms with Crippen LogP contribution in [-0.2, 0) is 22.6 Å². The minimum Gasteiger partial charge on any atom is -0.494 e. The lowest BCUT2D eigenvalue weighted by Crippen LogP contribution is -2.50. The van der Waals surface area contributed by atoms with Crippen molar-refractivity contribution in [2.75, 3.05) is 13.2 Å². The van der Waals surface area contributed by atoms with Crippen LogP contribution >= 0.6 is 15.9 Å². The van der Waals surface area contributed by atoms with E-state index in [4.69, 9.17) is 4.74 Å². The predicted molar refractivity (Wildman–Crippen MR) is 148 cm³/mol. The molecule has 0 heterocycles. The number of hydrogen-bond donors (Lipinski definition) is 1. The highest BCUT2D eigenvalue weighted by Crippen LogP contribution is 2.19. The molecule has 3 aromatic rings. The number of benzene rings is 3. The maximum absolute atomic E-state index is 13.6. The van der Waals surface area contributed by atoms with Gasteiger partial charge in [-0.25, -0.2) is 0 Å². The van der Waals surface area contributed by atoms with Gasteiger partial charge < -0.3 is 15.0 Å². The van der Waals surface area contributed by atoms with Gasteiger partial charge in [-0.2, -0.15) is 0 Å². The van der Waals surface area contributed by atoms with Gasteiger partial charge in [-0.05, 0) is 55.2 Å². The molecule has 2 amide bonds. The molecule has 0 bridgehead atoms. The number of nitrogens with one attached hydrogen (secondary N) is 1. The lowest BCUT2D eigenvalue weighted by molar-refractivity contribution is -0.141. The average Bonchev–Trinajstić information content (AvgIpc) is 2.88. The summed E-state index contributed by atoms with van der Waals surface area (Å²) in [6.07, 6.45) is 2.15. The number of rotatable bonds is 13. The monoisotopic (exact) mass is 550 g/mol. The third-order valence-electron chi connectivity index (χ3n) is 5.89. The first-order valence-electron chi connectivity index (χ1n) is 12.5. The Morgan fingerprint density at radius 2 is 1.69 bits per heavy atom. The molecule has 36 heavy (non-hydrogen) atoms. The van der Waals surface area contributed by atoms with Gasteiger partial charge in [-0.3, -0.25) is 9.59 Å². The van der Waals surface area contributed by atoms with Crippen molar-refractivity contribution in [2.24, 2.45) is 0 Å². The standard InChI is InChI=1S/C30H35BrN2O3/c1-3-18-32-30(35)28(21-24-9-5-4-6-10-24)33(22-25-11-7-12-26(31)20-25)29(34)13-8-19-36-27-16-14-23(2)15-17-27/h4-7,9-12,14-17,20,28H,3,8,13,18-19,21-22H2,1-2H3,(H,32,35)/t28-/m0/s1. The summed E-state index contributed by atoms with van der Waals surface area (Å²) < 4.78 is 6.76. The Bertz CT molecular complexity index is 1100. The average molecular weight is 552 g/mol. The van der Waals surface area contributed by atoms with E-state index in [9.17, 15) is 9.59 Å². The molecule has 0 aliphatic heterocycles. The summed E-state index contributed by atoms with van der Waals surface area (Å²) in [5.41, 5.74) is 3.16. The topological polar surface area (TPSA) is 58.6 Å². The zero-order chi connectivity index (χ0) is 25.8. The van der Waals surface area contributed by atoms with Crippen molar-refractivity contribution in [1.29, 1.82) is 0 Å². The van der Waals surface area contributed by atoms with Crippen molar-refractivity contribution >= 4 is 27.7 Å². The maximum atomic E-state index is 13.6. The van der Waals surface area contributed by atoms with E-state index in [0.717, 1.165) is 27.8 Å². The van der Waals surface area contributed by atoms with Crippen LogP contribution < -0.4 is 10.1 Å². The van der Waals surface area contributed by atoms with Crippen molar-refractivity contribution in [3.05, 3.63) is 100 Å². The van der Waals surface area contributed by atoms with Gasteiger partial charge in [0.15, 0.2) is 0 Å². The van der Waals surface area contributed by atoms with Crippen LogP contribution in [0.4, 0.5) is 0 Å². The molecule has 0 aliphatic rings. The Balaban J connectivity index is 1.77. The number of carbonyl (C=O) groups is 2. The molecule has 0 saturated heterocycles. The molecule has 0 aliphatic carbocycles. The van der Waals surface area contributed by atoms with Crippen LogP contribution in [0.2, 0.25) is 0 Å². The summed E-state index contributed by atoms with van der Waals surface area (Å²) >= 11 is 3.52. The highest BCUT2D eigenvalue weighted by molar-refractivity contribution is 9.10. The van der Waals surface area contributed by atoms with Crippen LogP contribution in [0.15, 0.2) is 83.3 Å². The Morgan fingerprint density at radius 1 is 0.972 bits per heavy atom. The Hall–Kier alpha value is -3.12. The van der Waals surface area contributed by atoms with E-state index in [1.165, 1.54) is 5.56 Å². The summed E-state index contributed by atoms with van der Waals surface area (Å²) in [5.74, 6) is 0.606. The molecule has 1 N–H and O–H groups in total. The second kappa shape index (κ2) is 14.4. The molecule has 190 valence electrons. The van der Waals surface area contributed by atoms with Gasteiger partial charge in [0.2, 0.25) is 11.8 Å². The summed E-state index contributed by atoms with van der Waals surface area (Å²) in [7, 11) is 0. The largest absolute Gasteiger partial charge is 0.494 e. The smallest absolute Gasteiger partial charge is 0.243 e. The highest BCUT2D eigenvalue weighted by Gasteiger charge is 2.30. The van der Waals surface area contributed by atoms with Crippen LogP contribution in [0, 0.1) is 6.92 Å². The zero-order valence-corrected chi connectivity index (χ0v) is 22.7. The first-order chi connectivity index (χ1) is 17.5. The normalized spacial score (nSPS) is 11.5. The van der Waals surface area contributed by atoms with Crippen LogP contribution in [0.1, 0.15) is 42.9 Å². The Kier molecular flexibility index (Phi) is 11.0. The fraction of sp³-hybridized carbons (Fsp3) is 0.333. The molecule has 0 radical (unpaired) electrons. The number of carbonyl (C=O) groups excluding carboxylic acids is 2. The molecule has 3 rings (SSSR count). The molecule has 0 aromatic heterocycles. The minimum absolute atomic E-state index is 0.0601. The van der Waals surface area contributed by atoms with Gasteiger partial charge in [-0.1, -0.05) is 83.0 Å². The summed E-state index contributed by atoms with van der Waals surface area (Å²) in [6, 6.07) is 25.0. The van der Waals surface area contributed by atoms with Crippen molar-refractivity contribution in [3.63, 3.8) is 0 Å². The Morgan fingerprint density at radius 3 is 2.39 bits per heavy atom. The quantitative estimate of drug-likeness (QED) is 0.262. The number of nitrogens with zero attached hydrogens (tertiary/aromatic N) is 1. The number of amides is 2. The maximum Gasteiger partial charge on any atom is 0.243 e. The van der Waals surface area contributed by atoms with Crippen molar-refractivity contribution in [2.45, 2.75) is 52.1 Å². The molecule has 0 saturated carbocycles. The third kappa shape index (κ3) is 8.83. The number of halogens is 1. The summed E-state index contributed by atoms with van der Waals surface area (Å²) in [6.45, 7) is 5.42. The summed E-state index contributed by atoms with van der Waals surface area (Å²) in [5, 5.41) is 3.01. The van der Waals surface area contributed by atoms with Crippen molar-refractivity contribution in [3.8, 4) is 5.75 Å². The van der Waals surface area contributed by atoms with E-state index in [0.29, 0.717) is 39.0 Å². The van der Waals surface area contributed by atoms with E-state index < -0.39 is 6.04 Å². The second-order valence-electron chi connectivity index (χ2n) is 8.91. The van der Waals surface area contributed by atoms with Crippen molar-refractivity contribution < 1.29 is 14.3 Å². The van der Waals surface area contributed by atoms with Gasteiger partial charge in [0, 0.05) is 30.4 Å². The molecule has 3 aromatic carbocycles. The molecule has 0 unspecified atom stereocenters. The highest BCUT2D eigenvalue weighted by atomic mass is 79.9. The minimum atomic E-state index is -0.608. The molecule has 5 nitrogen and oxygen atoms in total. The molecule has 0 spiro atoms. The molecule has 1 atom stereocenters. The van der Waals surface area contributed by atoms with Crippen LogP contribution in [0.5, 0.6) is 5.75 Å². The van der Waals surface area contributed by atoms with Crippen LogP contribution in [-0.4, -0.2) is 35.9 Å². The van der Waals surface area contributed by atoms with Crippen LogP contribution in [0.3, 0.4) is 0 Å². The lowest BCUT2D eigenvalue weighted by atomic mass is 10.0. The predicted octanol–water partition coefficient (Wildman–Crippen LogP) is 6.08. The molecular weight excluding hydrogens is 516 g/mol. The van der Waals surface area contributed by atoms with E-state index in [2.05, 4.69) is 21.2 Å². The van der Waals surface area contributed by atoms with Crippen LogP contribution in [0.25, 0.3) is 0 Å². The van der Waals surface area contributed by atoms with Gasteiger partial charge in [0.1, 0.15) is 11.8 Å².